The van der Waals surface area contributed by atoms with Gasteiger partial charge in [0.15, 0.2) is 17.3 Å². The number of hydrogen-bond acceptors (Lipinski definition) is 7. The average Bonchev–Trinajstić information content (AvgIpc) is 3.57. The minimum absolute atomic E-state index is 0.00852. The van der Waals surface area contributed by atoms with E-state index in [-0.39, 0.29) is 35.8 Å². The number of carbonyl (C=O) groups excluding carboxylic acids is 2. The summed E-state index contributed by atoms with van der Waals surface area (Å²) in [6.07, 6.45) is 4.95. The van der Waals surface area contributed by atoms with E-state index in [1.54, 1.807) is 12.1 Å². The third-order valence-corrected chi connectivity index (χ3v) is 8.49. The van der Waals surface area contributed by atoms with Crippen molar-refractivity contribution in [2.24, 2.45) is 0 Å². The van der Waals surface area contributed by atoms with Crippen LogP contribution in [0.25, 0.3) is 22.0 Å². The van der Waals surface area contributed by atoms with Crippen molar-refractivity contribution in [3.8, 4) is 22.6 Å². The van der Waals surface area contributed by atoms with Gasteiger partial charge in [0.05, 0.1) is 23.8 Å². The molecule has 1 aromatic heterocycles. The number of ether oxygens (including phenoxy) is 2. The minimum Gasteiger partial charge on any atom is -0.486 e. The fraction of sp³-hybridized carbons (Fsp3) is 0.364. The molecule has 2 atom stereocenters. The summed E-state index contributed by atoms with van der Waals surface area (Å²) in [5.74, 6) is -1.97. The van der Waals surface area contributed by atoms with Crippen molar-refractivity contribution in [1.29, 1.82) is 0 Å². The van der Waals surface area contributed by atoms with Crippen molar-refractivity contribution >= 4 is 22.6 Å². The van der Waals surface area contributed by atoms with Crippen LogP contribution >= 0.6 is 0 Å². The number of aliphatic hydroxyl groups is 1. The number of carbonyl (C=O) groups is 2. The number of likely N-dealkylation sites (tertiary alicyclic amines) is 1. The molecular formula is C33H33FN4O5. The van der Waals surface area contributed by atoms with Gasteiger partial charge in [-0.1, -0.05) is 30.3 Å². The Bertz CT molecular complexity index is 1680. The van der Waals surface area contributed by atoms with Crippen LogP contribution in [-0.2, 0) is 4.79 Å². The number of nitrogens with zero attached hydrogens (tertiary/aromatic N) is 3. The lowest BCUT2D eigenvalue weighted by atomic mass is 9.99. The van der Waals surface area contributed by atoms with Crippen LogP contribution in [0.1, 0.15) is 53.8 Å². The molecule has 4 aromatic rings. The molecule has 0 bridgehead atoms. The van der Waals surface area contributed by atoms with E-state index >= 15 is 0 Å². The zero-order valence-corrected chi connectivity index (χ0v) is 23.7. The third kappa shape index (κ3) is 5.60. The Kier molecular flexibility index (Phi) is 7.32. The van der Waals surface area contributed by atoms with Gasteiger partial charge in [0.25, 0.3) is 5.91 Å². The van der Waals surface area contributed by atoms with Crippen molar-refractivity contribution in [2.75, 3.05) is 32.8 Å². The van der Waals surface area contributed by atoms with E-state index in [1.165, 1.54) is 12.1 Å². The van der Waals surface area contributed by atoms with Gasteiger partial charge in [-0.25, -0.2) is 4.39 Å². The van der Waals surface area contributed by atoms with Gasteiger partial charge in [0, 0.05) is 17.5 Å². The summed E-state index contributed by atoms with van der Waals surface area (Å²) in [6.45, 7) is 2.46. The van der Waals surface area contributed by atoms with Crippen molar-refractivity contribution in [1.82, 2.24) is 20.0 Å². The summed E-state index contributed by atoms with van der Waals surface area (Å²) in [4.78, 5) is 28.5. The number of benzene rings is 3. The number of amides is 1. The van der Waals surface area contributed by atoms with E-state index < -0.39 is 29.7 Å². The van der Waals surface area contributed by atoms with Crippen LogP contribution in [0.4, 0.5) is 4.39 Å². The van der Waals surface area contributed by atoms with E-state index in [2.05, 4.69) is 32.1 Å². The lowest BCUT2D eigenvalue weighted by Crippen LogP contribution is -2.48. The molecule has 9 nitrogen and oxygen atoms in total. The molecule has 10 heteroatoms. The van der Waals surface area contributed by atoms with Gasteiger partial charge in [-0.15, -0.1) is 0 Å². The molecule has 2 aliphatic heterocycles. The normalized spacial score (nSPS) is 18.0. The standard InChI is InChI=1S/C33H33FN4O5/c34-26-16-23(17-29-32(26)43-14-13-42-29)30(39)27(19-37-11-1-2-12-37)36-33(41)31(40)21-5-3-20(4-6-21)22-7-10-28-24(15-22)18-35-38(28)25-8-9-25/h3-7,10,15-18,25,27,30,39H,1-2,8-9,11-14,19H2,(H,36,41)/t27-,30-/m1/s1. The minimum atomic E-state index is -1.27. The molecule has 3 aromatic carbocycles. The molecular weight excluding hydrogens is 551 g/mol. The number of hydrogen-bond donors (Lipinski definition) is 2. The van der Waals surface area contributed by atoms with Gasteiger partial charge in [0.1, 0.15) is 19.3 Å². The predicted octanol–water partition coefficient (Wildman–Crippen LogP) is 4.45. The van der Waals surface area contributed by atoms with Crippen molar-refractivity contribution in [3.63, 3.8) is 0 Å². The largest absolute Gasteiger partial charge is 0.486 e. The maximum Gasteiger partial charge on any atom is 0.292 e. The molecule has 7 rings (SSSR count). The fourth-order valence-corrected chi connectivity index (χ4v) is 6.02. The summed E-state index contributed by atoms with van der Waals surface area (Å²) in [5, 5.41) is 19.7. The van der Waals surface area contributed by atoms with Crippen molar-refractivity contribution in [2.45, 2.75) is 43.9 Å². The van der Waals surface area contributed by atoms with Crippen LogP contribution in [0.2, 0.25) is 0 Å². The summed E-state index contributed by atoms with van der Waals surface area (Å²) in [7, 11) is 0. The number of nitrogens with one attached hydrogen (secondary N) is 1. The van der Waals surface area contributed by atoms with E-state index in [0.717, 1.165) is 60.8 Å². The van der Waals surface area contributed by atoms with Crippen LogP contribution in [0.5, 0.6) is 11.5 Å². The van der Waals surface area contributed by atoms with Gasteiger partial charge in [-0.2, -0.15) is 5.10 Å². The van der Waals surface area contributed by atoms with Gasteiger partial charge in [-0.05, 0) is 79.7 Å². The Morgan fingerprint density at radius 3 is 2.51 bits per heavy atom. The van der Waals surface area contributed by atoms with Crippen LogP contribution < -0.4 is 14.8 Å². The number of ketones is 1. The first kappa shape index (κ1) is 27.5. The SMILES string of the molecule is O=C(N[C@H](CN1CCCC1)[C@H](O)c1cc(F)c2c(c1)OCCO2)C(=O)c1ccc(-c2ccc3c(cnn3C3CC3)c2)cc1. The molecule has 2 fully saturated rings. The molecule has 1 saturated heterocycles. The smallest absolute Gasteiger partial charge is 0.292 e. The number of aliphatic hydroxyl groups excluding tert-OH is 1. The number of fused-ring (bicyclic) bond motifs is 2. The quantitative estimate of drug-likeness (QED) is 0.221. The molecule has 222 valence electrons. The summed E-state index contributed by atoms with van der Waals surface area (Å²) >= 11 is 0. The Balaban J connectivity index is 1.07. The monoisotopic (exact) mass is 584 g/mol. The second-order valence-electron chi connectivity index (χ2n) is 11.6. The highest BCUT2D eigenvalue weighted by atomic mass is 19.1. The highest BCUT2D eigenvalue weighted by Crippen LogP contribution is 2.38. The summed E-state index contributed by atoms with van der Waals surface area (Å²) in [6, 6.07) is 15.5. The molecule has 2 N–H and O–H groups in total. The Morgan fingerprint density at radius 2 is 1.74 bits per heavy atom. The second-order valence-corrected chi connectivity index (χ2v) is 11.6. The van der Waals surface area contributed by atoms with E-state index in [0.29, 0.717) is 12.6 Å². The van der Waals surface area contributed by atoms with E-state index in [1.807, 2.05) is 24.4 Å². The van der Waals surface area contributed by atoms with Gasteiger partial charge in [0.2, 0.25) is 5.78 Å². The number of rotatable bonds is 9. The lowest BCUT2D eigenvalue weighted by molar-refractivity contribution is -0.118. The maximum atomic E-state index is 14.8. The molecule has 1 saturated carbocycles. The van der Waals surface area contributed by atoms with E-state index in [4.69, 9.17) is 9.47 Å². The zero-order valence-electron chi connectivity index (χ0n) is 23.7. The first-order valence-electron chi connectivity index (χ1n) is 14.9. The number of Topliss-reactive ketones (excluding diaryl/α,β-unsaturated/α-hetero) is 1. The first-order valence-corrected chi connectivity index (χ1v) is 14.9. The first-order chi connectivity index (χ1) is 20.9. The number of halogens is 1. The summed E-state index contributed by atoms with van der Waals surface area (Å²) in [5.41, 5.74) is 3.50. The highest BCUT2D eigenvalue weighted by Gasteiger charge is 2.31. The van der Waals surface area contributed by atoms with Crippen LogP contribution in [-0.4, -0.2) is 70.4 Å². The van der Waals surface area contributed by atoms with Crippen LogP contribution in [0, 0.1) is 5.82 Å². The lowest BCUT2D eigenvalue weighted by Gasteiger charge is -2.29. The molecule has 3 aliphatic rings. The van der Waals surface area contributed by atoms with Crippen molar-refractivity contribution < 1.29 is 28.6 Å². The average molecular weight is 585 g/mol. The molecule has 0 unspecified atom stereocenters. The molecule has 0 radical (unpaired) electrons. The Hall–Kier alpha value is -4.28. The fourth-order valence-electron chi connectivity index (χ4n) is 6.02. The van der Waals surface area contributed by atoms with Crippen LogP contribution in [0.15, 0.2) is 60.8 Å². The predicted molar refractivity (Wildman–Crippen MR) is 158 cm³/mol. The Morgan fingerprint density at radius 1 is 1.00 bits per heavy atom. The Labute approximate surface area is 248 Å². The topological polar surface area (TPSA) is 106 Å². The highest BCUT2D eigenvalue weighted by molar-refractivity contribution is 6.42. The van der Waals surface area contributed by atoms with Gasteiger partial charge >= 0.3 is 0 Å². The summed E-state index contributed by atoms with van der Waals surface area (Å²) < 4.78 is 27.7. The molecule has 3 heterocycles. The van der Waals surface area contributed by atoms with Gasteiger partial charge < -0.3 is 24.8 Å². The second kappa shape index (κ2) is 11.4. The number of aromatic nitrogens is 2. The maximum absolute atomic E-state index is 14.8. The van der Waals surface area contributed by atoms with E-state index in [9.17, 15) is 19.1 Å². The third-order valence-electron chi connectivity index (χ3n) is 8.49. The zero-order chi connectivity index (χ0) is 29.5. The molecule has 0 spiro atoms. The molecule has 1 aliphatic carbocycles. The molecule has 1 amide bonds. The molecule has 43 heavy (non-hydrogen) atoms. The van der Waals surface area contributed by atoms with Crippen molar-refractivity contribution in [3.05, 3.63) is 77.7 Å². The van der Waals surface area contributed by atoms with Crippen LogP contribution in [0.3, 0.4) is 0 Å². The van der Waals surface area contributed by atoms with Gasteiger partial charge in [-0.3, -0.25) is 14.3 Å².